The van der Waals surface area contributed by atoms with Gasteiger partial charge in [0.15, 0.2) is 0 Å². The van der Waals surface area contributed by atoms with Gasteiger partial charge < -0.3 is 15.2 Å². The SMILES string of the molecule is CCCNCCOCC(C)O. The Kier molecular flexibility index (Phi) is 7.89. The summed E-state index contributed by atoms with van der Waals surface area (Å²) in [4.78, 5) is 0. The molecule has 0 aliphatic rings. The fraction of sp³-hybridized carbons (Fsp3) is 1.00. The van der Waals surface area contributed by atoms with Crippen LogP contribution in [0.25, 0.3) is 0 Å². The summed E-state index contributed by atoms with van der Waals surface area (Å²) >= 11 is 0. The lowest BCUT2D eigenvalue weighted by Crippen LogP contribution is -2.22. The van der Waals surface area contributed by atoms with Crippen molar-refractivity contribution in [2.75, 3.05) is 26.3 Å². The number of hydrogen-bond donors (Lipinski definition) is 2. The van der Waals surface area contributed by atoms with Gasteiger partial charge >= 0.3 is 0 Å². The van der Waals surface area contributed by atoms with Crippen molar-refractivity contribution in [1.29, 1.82) is 0 Å². The smallest absolute Gasteiger partial charge is 0.0745 e. The van der Waals surface area contributed by atoms with Crippen molar-refractivity contribution in [1.82, 2.24) is 5.32 Å². The molecule has 0 radical (unpaired) electrons. The minimum atomic E-state index is -0.346. The van der Waals surface area contributed by atoms with E-state index in [4.69, 9.17) is 9.84 Å². The van der Waals surface area contributed by atoms with Crippen LogP contribution in [-0.2, 0) is 4.74 Å². The highest BCUT2D eigenvalue weighted by molar-refractivity contribution is 4.45. The molecule has 0 aromatic heterocycles. The van der Waals surface area contributed by atoms with Gasteiger partial charge in [0.25, 0.3) is 0 Å². The van der Waals surface area contributed by atoms with Gasteiger partial charge in [-0.25, -0.2) is 0 Å². The molecule has 0 amide bonds. The fourth-order valence-corrected chi connectivity index (χ4v) is 0.700. The summed E-state index contributed by atoms with van der Waals surface area (Å²) in [6, 6.07) is 0. The van der Waals surface area contributed by atoms with E-state index in [2.05, 4.69) is 12.2 Å². The Labute approximate surface area is 68.8 Å². The molecule has 1 atom stereocenters. The van der Waals surface area contributed by atoms with Crippen LogP contribution in [0.5, 0.6) is 0 Å². The summed E-state index contributed by atoms with van der Waals surface area (Å²) in [5.41, 5.74) is 0. The molecule has 0 saturated heterocycles. The molecule has 0 saturated carbocycles. The molecule has 0 heterocycles. The quantitative estimate of drug-likeness (QED) is 0.530. The minimum absolute atomic E-state index is 0.346. The first-order chi connectivity index (χ1) is 5.27. The maximum Gasteiger partial charge on any atom is 0.0745 e. The maximum atomic E-state index is 8.81. The molecule has 3 nitrogen and oxygen atoms in total. The van der Waals surface area contributed by atoms with Gasteiger partial charge in [-0.2, -0.15) is 0 Å². The standard InChI is InChI=1S/C8H19NO2/c1-3-4-9-5-6-11-7-8(2)10/h8-10H,3-7H2,1-2H3. The lowest BCUT2D eigenvalue weighted by atomic mass is 10.4. The van der Waals surface area contributed by atoms with Crippen LogP contribution in [0.1, 0.15) is 20.3 Å². The molecule has 0 aliphatic heterocycles. The topological polar surface area (TPSA) is 41.5 Å². The van der Waals surface area contributed by atoms with Gasteiger partial charge in [0.1, 0.15) is 0 Å². The number of aliphatic hydroxyl groups excluding tert-OH is 1. The van der Waals surface area contributed by atoms with Crippen LogP contribution in [0.4, 0.5) is 0 Å². The Morgan fingerprint density at radius 1 is 1.45 bits per heavy atom. The third-order valence-electron chi connectivity index (χ3n) is 1.21. The van der Waals surface area contributed by atoms with Crippen LogP contribution in [0, 0.1) is 0 Å². The number of rotatable bonds is 7. The van der Waals surface area contributed by atoms with Crippen molar-refractivity contribution in [3.8, 4) is 0 Å². The van der Waals surface area contributed by atoms with Crippen LogP contribution in [0.2, 0.25) is 0 Å². The second-order valence-corrected chi connectivity index (χ2v) is 2.67. The highest BCUT2D eigenvalue weighted by Crippen LogP contribution is 1.81. The molecular weight excluding hydrogens is 142 g/mol. The predicted molar refractivity (Wildman–Crippen MR) is 45.7 cm³/mol. The number of aliphatic hydroxyl groups is 1. The molecule has 0 rings (SSSR count). The van der Waals surface area contributed by atoms with Crippen molar-refractivity contribution in [2.45, 2.75) is 26.4 Å². The van der Waals surface area contributed by atoms with E-state index in [-0.39, 0.29) is 6.10 Å². The first-order valence-corrected chi connectivity index (χ1v) is 4.24. The van der Waals surface area contributed by atoms with Gasteiger partial charge in [0, 0.05) is 6.54 Å². The maximum absolute atomic E-state index is 8.81. The summed E-state index contributed by atoms with van der Waals surface area (Å²) in [5, 5.41) is 12.0. The number of nitrogens with one attached hydrogen (secondary N) is 1. The van der Waals surface area contributed by atoms with Gasteiger partial charge in [-0.05, 0) is 19.9 Å². The van der Waals surface area contributed by atoms with E-state index < -0.39 is 0 Å². The van der Waals surface area contributed by atoms with E-state index in [1.807, 2.05) is 0 Å². The number of hydrogen-bond acceptors (Lipinski definition) is 3. The molecule has 0 bridgehead atoms. The molecule has 0 fully saturated rings. The van der Waals surface area contributed by atoms with E-state index in [1.165, 1.54) is 0 Å². The Morgan fingerprint density at radius 3 is 2.73 bits per heavy atom. The first kappa shape index (κ1) is 10.9. The molecular formula is C8H19NO2. The molecule has 2 N–H and O–H groups in total. The lowest BCUT2D eigenvalue weighted by molar-refractivity contribution is 0.0477. The van der Waals surface area contributed by atoms with Crippen LogP contribution >= 0.6 is 0 Å². The molecule has 68 valence electrons. The number of ether oxygens (including phenoxy) is 1. The van der Waals surface area contributed by atoms with Crippen molar-refractivity contribution in [2.24, 2.45) is 0 Å². The Hall–Kier alpha value is -0.120. The van der Waals surface area contributed by atoms with Gasteiger partial charge in [-0.1, -0.05) is 6.92 Å². The first-order valence-electron chi connectivity index (χ1n) is 4.24. The van der Waals surface area contributed by atoms with Gasteiger partial charge in [-0.3, -0.25) is 0 Å². The zero-order chi connectivity index (χ0) is 8.53. The average molecular weight is 161 g/mol. The lowest BCUT2D eigenvalue weighted by Gasteiger charge is -2.06. The minimum Gasteiger partial charge on any atom is -0.391 e. The third kappa shape index (κ3) is 9.88. The molecule has 1 unspecified atom stereocenters. The monoisotopic (exact) mass is 161 g/mol. The van der Waals surface area contributed by atoms with Crippen LogP contribution in [-0.4, -0.2) is 37.5 Å². The summed E-state index contributed by atoms with van der Waals surface area (Å²) in [7, 11) is 0. The molecule has 0 aromatic carbocycles. The fourth-order valence-electron chi connectivity index (χ4n) is 0.700. The van der Waals surface area contributed by atoms with Crippen molar-refractivity contribution in [3.05, 3.63) is 0 Å². The van der Waals surface area contributed by atoms with Crippen molar-refractivity contribution < 1.29 is 9.84 Å². The highest BCUT2D eigenvalue weighted by Gasteiger charge is 1.93. The van der Waals surface area contributed by atoms with Gasteiger partial charge in [0.05, 0.1) is 19.3 Å². The second-order valence-electron chi connectivity index (χ2n) is 2.67. The molecule has 0 aromatic rings. The van der Waals surface area contributed by atoms with Crippen LogP contribution in [0.15, 0.2) is 0 Å². The third-order valence-corrected chi connectivity index (χ3v) is 1.21. The van der Waals surface area contributed by atoms with E-state index in [0.717, 1.165) is 19.5 Å². The highest BCUT2D eigenvalue weighted by atomic mass is 16.5. The zero-order valence-electron chi connectivity index (χ0n) is 7.47. The second kappa shape index (κ2) is 7.98. The summed E-state index contributed by atoms with van der Waals surface area (Å²) in [5.74, 6) is 0. The van der Waals surface area contributed by atoms with Gasteiger partial charge in [-0.15, -0.1) is 0 Å². The van der Waals surface area contributed by atoms with E-state index in [9.17, 15) is 0 Å². The van der Waals surface area contributed by atoms with E-state index >= 15 is 0 Å². The van der Waals surface area contributed by atoms with Crippen LogP contribution in [0.3, 0.4) is 0 Å². The summed E-state index contributed by atoms with van der Waals surface area (Å²) in [6.07, 6.45) is 0.803. The average Bonchev–Trinajstić information content (AvgIpc) is 1.96. The van der Waals surface area contributed by atoms with Gasteiger partial charge in [0.2, 0.25) is 0 Å². The Bertz CT molecular complexity index is 76.5. The zero-order valence-corrected chi connectivity index (χ0v) is 7.47. The summed E-state index contributed by atoms with van der Waals surface area (Å²) < 4.78 is 5.13. The Balaban J connectivity index is 2.80. The van der Waals surface area contributed by atoms with E-state index in [0.29, 0.717) is 13.2 Å². The van der Waals surface area contributed by atoms with Crippen molar-refractivity contribution in [3.63, 3.8) is 0 Å². The largest absolute Gasteiger partial charge is 0.391 e. The van der Waals surface area contributed by atoms with Crippen molar-refractivity contribution >= 4 is 0 Å². The molecule has 0 spiro atoms. The molecule has 0 aliphatic carbocycles. The van der Waals surface area contributed by atoms with E-state index in [1.54, 1.807) is 6.92 Å². The summed E-state index contributed by atoms with van der Waals surface area (Å²) in [6.45, 7) is 6.89. The molecule has 3 heteroatoms. The molecule has 11 heavy (non-hydrogen) atoms. The normalized spacial score (nSPS) is 13.4. The predicted octanol–water partition coefficient (Wildman–Crippen LogP) is 0.383. The van der Waals surface area contributed by atoms with Crippen LogP contribution < -0.4 is 5.32 Å². The Morgan fingerprint density at radius 2 is 2.18 bits per heavy atom.